The lowest BCUT2D eigenvalue weighted by molar-refractivity contribution is 0.172. The fourth-order valence-corrected chi connectivity index (χ4v) is 1.83. The number of nitrogens with one attached hydrogen (secondary N) is 2. The molecule has 0 heterocycles. The predicted octanol–water partition coefficient (Wildman–Crippen LogP) is 3.74. The number of halogens is 1. The molecule has 2 rings (SSSR count). The third kappa shape index (κ3) is 4.37. The van der Waals surface area contributed by atoms with Crippen LogP contribution < -0.4 is 15.5 Å². The minimum atomic E-state index is -0.685. The van der Waals surface area contributed by atoms with Crippen molar-refractivity contribution in [1.82, 2.24) is 5.48 Å². The SMILES string of the molecule is Cc1cc(OCc2ccc(NC(=O)NO)cc2)ccc1Cl. The summed E-state index contributed by atoms with van der Waals surface area (Å²) in [7, 11) is 0. The normalized spacial score (nSPS) is 10.0. The number of urea groups is 1. The predicted molar refractivity (Wildman–Crippen MR) is 80.9 cm³/mol. The van der Waals surface area contributed by atoms with Gasteiger partial charge in [0.05, 0.1) is 0 Å². The van der Waals surface area contributed by atoms with Gasteiger partial charge in [0.1, 0.15) is 12.4 Å². The highest BCUT2D eigenvalue weighted by molar-refractivity contribution is 6.31. The fourth-order valence-electron chi connectivity index (χ4n) is 1.72. The van der Waals surface area contributed by atoms with E-state index in [0.29, 0.717) is 17.3 Å². The van der Waals surface area contributed by atoms with Crippen molar-refractivity contribution in [1.29, 1.82) is 0 Å². The summed E-state index contributed by atoms with van der Waals surface area (Å²) in [6, 6.07) is 11.9. The molecule has 0 radical (unpaired) electrons. The van der Waals surface area contributed by atoms with Crippen LogP contribution in [-0.2, 0) is 6.61 Å². The Bertz CT molecular complexity index is 629. The second-order valence-electron chi connectivity index (χ2n) is 4.46. The van der Waals surface area contributed by atoms with Gasteiger partial charge in [0.2, 0.25) is 0 Å². The topological polar surface area (TPSA) is 70.6 Å². The second-order valence-corrected chi connectivity index (χ2v) is 4.87. The van der Waals surface area contributed by atoms with Gasteiger partial charge in [-0.3, -0.25) is 5.21 Å². The Morgan fingerprint density at radius 1 is 1.24 bits per heavy atom. The Hall–Kier alpha value is -2.24. The van der Waals surface area contributed by atoms with Crippen molar-refractivity contribution >= 4 is 23.3 Å². The van der Waals surface area contributed by atoms with E-state index in [2.05, 4.69) is 5.32 Å². The van der Waals surface area contributed by atoms with Crippen LogP contribution in [0.1, 0.15) is 11.1 Å². The number of carbonyl (C=O) groups excluding carboxylic acids is 1. The Morgan fingerprint density at radius 3 is 2.57 bits per heavy atom. The zero-order chi connectivity index (χ0) is 15.2. The van der Waals surface area contributed by atoms with Crippen molar-refractivity contribution in [2.24, 2.45) is 0 Å². The molecular formula is C15H15ClN2O3. The average molecular weight is 307 g/mol. The Labute approximate surface area is 127 Å². The Balaban J connectivity index is 1.94. The number of hydrogen-bond acceptors (Lipinski definition) is 3. The molecule has 2 amide bonds. The van der Waals surface area contributed by atoms with E-state index in [0.717, 1.165) is 16.9 Å². The number of aryl methyl sites for hydroxylation is 1. The minimum absolute atomic E-state index is 0.410. The summed E-state index contributed by atoms with van der Waals surface area (Å²) in [5.41, 5.74) is 3.99. The van der Waals surface area contributed by atoms with E-state index in [9.17, 15) is 4.79 Å². The first-order chi connectivity index (χ1) is 10.1. The molecule has 0 aliphatic carbocycles. The first kappa shape index (κ1) is 15.2. The molecule has 3 N–H and O–H groups in total. The summed E-state index contributed by atoms with van der Waals surface area (Å²) in [6.45, 7) is 2.33. The number of hydrogen-bond donors (Lipinski definition) is 3. The highest BCUT2D eigenvalue weighted by Gasteiger charge is 2.02. The molecule has 110 valence electrons. The van der Waals surface area contributed by atoms with Gasteiger partial charge in [0.15, 0.2) is 0 Å². The van der Waals surface area contributed by atoms with Gasteiger partial charge >= 0.3 is 6.03 Å². The number of rotatable bonds is 4. The summed E-state index contributed by atoms with van der Waals surface area (Å²) in [4.78, 5) is 10.9. The molecule has 0 spiro atoms. The minimum Gasteiger partial charge on any atom is -0.489 e. The Morgan fingerprint density at radius 2 is 1.95 bits per heavy atom. The van der Waals surface area contributed by atoms with Crippen LogP contribution in [0.2, 0.25) is 5.02 Å². The largest absolute Gasteiger partial charge is 0.489 e. The molecule has 0 atom stereocenters. The molecule has 0 bridgehead atoms. The van der Waals surface area contributed by atoms with Crippen LogP contribution in [0, 0.1) is 6.92 Å². The quantitative estimate of drug-likeness (QED) is 0.595. The number of ether oxygens (including phenoxy) is 1. The molecule has 5 nitrogen and oxygen atoms in total. The van der Waals surface area contributed by atoms with Crippen molar-refractivity contribution in [3.05, 3.63) is 58.6 Å². The zero-order valence-electron chi connectivity index (χ0n) is 11.4. The van der Waals surface area contributed by atoms with Gasteiger partial charge in [-0.1, -0.05) is 23.7 Å². The second kappa shape index (κ2) is 6.97. The van der Waals surface area contributed by atoms with E-state index in [-0.39, 0.29) is 0 Å². The van der Waals surface area contributed by atoms with E-state index in [1.165, 1.54) is 5.48 Å². The highest BCUT2D eigenvalue weighted by atomic mass is 35.5. The molecule has 2 aromatic rings. The molecule has 6 heteroatoms. The van der Waals surface area contributed by atoms with Crippen molar-refractivity contribution in [3.63, 3.8) is 0 Å². The number of amides is 2. The molecule has 0 saturated heterocycles. The Kier molecular flexibility index (Phi) is 5.03. The molecule has 0 aromatic heterocycles. The molecule has 0 aliphatic heterocycles. The molecule has 0 saturated carbocycles. The van der Waals surface area contributed by atoms with Gasteiger partial charge in [-0.25, -0.2) is 10.3 Å². The van der Waals surface area contributed by atoms with Crippen molar-refractivity contribution < 1.29 is 14.7 Å². The smallest absolute Gasteiger partial charge is 0.342 e. The number of anilines is 1. The van der Waals surface area contributed by atoms with Crippen LogP contribution in [-0.4, -0.2) is 11.2 Å². The molecule has 0 aliphatic rings. The van der Waals surface area contributed by atoms with Crippen molar-refractivity contribution in [2.75, 3.05) is 5.32 Å². The van der Waals surface area contributed by atoms with Gasteiger partial charge in [-0.2, -0.15) is 0 Å². The van der Waals surface area contributed by atoms with E-state index in [1.54, 1.807) is 18.2 Å². The van der Waals surface area contributed by atoms with Gasteiger partial charge in [0, 0.05) is 10.7 Å². The standard InChI is InChI=1S/C15H15ClN2O3/c1-10-8-13(6-7-14(10)16)21-9-11-2-4-12(5-3-11)17-15(19)18-20/h2-8,20H,9H2,1H3,(H2,17,18,19). The first-order valence-corrected chi connectivity index (χ1v) is 6.65. The molecular weight excluding hydrogens is 292 g/mol. The van der Waals surface area contributed by atoms with Crippen LogP contribution in [0.3, 0.4) is 0 Å². The number of benzene rings is 2. The maximum Gasteiger partial charge on any atom is 0.342 e. The van der Waals surface area contributed by atoms with Gasteiger partial charge in [-0.15, -0.1) is 0 Å². The van der Waals surface area contributed by atoms with E-state index in [1.807, 2.05) is 31.2 Å². The molecule has 0 unspecified atom stereocenters. The average Bonchev–Trinajstić information content (AvgIpc) is 2.50. The van der Waals surface area contributed by atoms with E-state index < -0.39 is 6.03 Å². The van der Waals surface area contributed by atoms with Gasteiger partial charge < -0.3 is 10.1 Å². The highest BCUT2D eigenvalue weighted by Crippen LogP contribution is 2.22. The monoisotopic (exact) mass is 306 g/mol. The van der Waals surface area contributed by atoms with Gasteiger partial charge in [-0.05, 0) is 48.4 Å². The summed E-state index contributed by atoms with van der Waals surface area (Å²) < 4.78 is 5.67. The number of carbonyl (C=O) groups is 1. The lowest BCUT2D eigenvalue weighted by atomic mass is 10.2. The summed E-state index contributed by atoms with van der Waals surface area (Å²) in [6.07, 6.45) is 0. The third-order valence-electron chi connectivity index (χ3n) is 2.85. The van der Waals surface area contributed by atoms with Crippen molar-refractivity contribution in [3.8, 4) is 5.75 Å². The zero-order valence-corrected chi connectivity index (χ0v) is 12.1. The molecule has 2 aromatic carbocycles. The van der Waals surface area contributed by atoms with Gasteiger partial charge in [0.25, 0.3) is 0 Å². The fraction of sp³-hybridized carbons (Fsp3) is 0.133. The maximum atomic E-state index is 10.9. The number of hydroxylamine groups is 1. The van der Waals surface area contributed by atoms with E-state index in [4.69, 9.17) is 21.5 Å². The first-order valence-electron chi connectivity index (χ1n) is 6.27. The molecule has 0 fully saturated rings. The van der Waals surface area contributed by atoms with Crippen LogP contribution in [0.5, 0.6) is 5.75 Å². The van der Waals surface area contributed by atoms with Crippen LogP contribution in [0.25, 0.3) is 0 Å². The van der Waals surface area contributed by atoms with Crippen LogP contribution >= 0.6 is 11.6 Å². The summed E-state index contributed by atoms with van der Waals surface area (Å²) >= 11 is 5.96. The van der Waals surface area contributed by atoms with Crippen LogP contribution in [0.4, 0.5) is 10.5 Å². The maximum absolute atomic E-state index is 10.9. The summed E-state index contributed by atoms with van der Waals surface area (Å²) in [5.74, 6) is 0.749. The lowest BCUT2D eigenvalue weighted by Gasteiger charge is -2.09. The summed E-state index contributed by atoms with van der Waals surface area (Å²) in [5, 5.41) is 11.6. The lowest BCUT2D eigenvalue weighted by Crippen LogP contribution is -2.24. The third-order valence-corrected chi connectivity index (χ3v) is 3.27. The molecule has 21 heavy (non-hydrogen) atoms. The van der Waals surface area contributed by atoms with E-state index >= 15 is 0 Å². The van der Waals surface area contributed by atoms with Crippen LogP contribution in [0.15, 0.2) is 42.5 Å². The van der Waals surface area contributed by atoms with Crippen molar-refractivity contribution in [2.45, 2.75) is 13.5 Å².